The number of ketones is 1. The average molecular weight is 284 g/mol. The molecule has 0 amide bonds. The molecule has 4 heteroatoms. The van der Waals surface area contributed by atoms with Gasteiger partial charge in [-0.25, -0.2) is 0 Å². The van der Waals surface area contributed by atoms with E-state index < -0.39 is 0 Å². The lowest BCUT2D eigenvalue weighted by molar-refractivity contribution is 0.103. The lowest BCUT2D eigenvalue weighted by Gasteiger charge is -2.28. The van der Waals surface area contributed by atoms with Crippen LogP contribution in [0.25, 0.3) is 0 Å². The average Bonchev–Trinajstić information content (AvgIpc) is 2.85. The predicted octanol–water partition coefficient (Wildman–Crippen LogP) is 2.88. The van der Waals surface area contributed by atoms with Gasteiger partial charge in [0.05, 0.1) is 12.7 Å². The van der Waals surface area contributed by atoms with Gasteiger partial charge in [-0.1, -0.05) is 0 Å². The number of carbonyl (C=O) groups is 1. The Hall–Kier alpha value is -2.23. The first-order chi connectivity index (χ1) is 10.1. The molecule has 1 aromatic carbocycles. The van der Waals surface area contributed by atoms with Gasteiger partial charge in [0, 0.05) is 31.4 Å². The number of anilines is 1. The smallest absolute Gasteiger partial charge is 0.196 e. The van der Waals surface area contributed by atoms with Crippen molar-refractivity contribution in [2.24, 2.45) is 0 Å². The molecule has 1 aliphatic rings. The highest BCUT2D eigenvalue weighted by molar-refractivity contribution is 6.12. The number of benzene rings is 1. The standard InChI is InChI=1S/C17H20N2O2/c1-12-11-15(17-18(2)9-4-10-19(12)17)16(20)13-5-7-14(21-3)8-6-13/h5-8,11H,4,9-10H2,1-3H3. The largest absolute Gasteiger partial charge is 0.497 e. The van der Waals surface area contributed by atoms with Crippen LogP contribution in [0.5, 0.6) is 5.75 Å². The molecule has 3 rings (SSSR count). The summed E-state index contributed by atoms with van der Waals surface area (Å²) in [5, 5.41) is 0. The molecule has 1 aromatic heterocycles. The Morgan fingerprint density at radius 3 is 2.57 bits per heavy atom. The number of hydrogen-bond donors (Lipinski definition) is 0. The van der Waals surface area contributed by atoms with Gasteiger partial charge in [0.1, 0.15) is 11.6 Å². The van der Waals surface area contributed by atoms with Crippen LogP contribution in [-0.4, -0.2) is 31.1 Å². The first kappa shape index (κ1) is 13.7. The lowest BCUT2D eigenvalue weighted by Crippen LogP contribution is -2.29. The first-order valence-corrected chi connectivity index (χ1v) is 7.22. The van der Waals surface area contributed by atoms with E-state index in [2.05, 4.69) is 23.4 Å². The van der Waals surface area contributed by atoms with Gasteiger partial charge in [-0.3, -0.25) is 4.79 Å². The van der Waals surface area contributed by atoms with E-state index in [1.807, 2.05) is 30.3 Å². The van der Waals surface area contributed by atoms with E-state index in [-0.39, 0.29) is 5.78 Å². The maximum Gasteiger partial charge on any atom is 0.196 e. The van der Waals surface area contributed by atoms with Gasteiger partial charge in [-0.05, 0) is 43.7 Å². The second kappa shape index (κ2) is 5.28. The van der Waals surface area contributed by atoms with Crippen LogP contribution >= 0.6 is 0 Å². The fourth-order valence-electron chi connectivity index (χ4n) is 2.99. The molecule has 1 aliphatic heterocycles. The van der Waals surface area contributed by atoms with Crippen molar-refractivity contribution in [2.75, 3.05) is 25.6 Å². The molecule has 0 saturated carbocycles. The minimum absolute atomic E-state index is 0.0725. The maximum absolute atomic E-state index is 12.8. The van der Waals surface area contributed by atoms with Gasteiger partial charge in [0.2, 0.25) is 0 Å². The third kappa shape index (κ3) is 2.31. The number of hydrogen-bond acceptors (Lipinski definition) is 3. The van der Waals surface area contributed by atoms with Crippen molar-refractivity contribution in [1.82, 2.24) is 4.57 Å². The number of aromatic nitrogens is 1. The molecule has 110 valence electrons. The molecule has 4 nitrogen and oxygen atoms in total. The van der Waals surface area contributed by atoms with Crippen LogP contribution in [0.2, 0.25) is 0 Å². The van der Waals surface area contributed by atoms with Gasteiger partial charge in [-0.15, -0.1) is 0 Å². The summed E-state index contributed by atoms with van der Waals surface area (Å²) in [6.45, 7) is 4.04. The van der Waals surface area contributed by atoms with Crippen molar-refractivity contribution in [1.29, 1.82) is 0 Å². The van der Waals surface area contributed by atoms with Crippen LogP contribution in [0, 0.1) is 6.92 Å². The zero-order valence-electron chi connectivity index (χ0n) is 12.7. The summed E-state index contributed by atoms with van der Waals surface area (Å²) in [7, 11) is 3.68. The molecule has 0 unspecified atom stereocenters. The van der Waals surface area contributed by atoms with E-state index in [1.165, 1.54) is 0 Å². The zero-order valence-corrected chi connectivity index (χ0v) is 12.7. The van der Waals surface area contributed by atoms with E-state index in [0.29, 0.717) is 5.56 Å². The number of nitrogens with zero attached hydrogens (tertiary/aromatic N) is 2. The Balaban J connectivity index is 2.01. The summed E-state index contributed by atoms with van der Waals surface area (Å²) in [5.74, 6) is 1.88. The Bertz CT molecular complexity index is 671. The van der Waals surface area contributed by atoms with Crippen LogP contribution in [0.3, 0.4) is 0 Å². The monoisotopic (exact) mass is 284 g/mol. The fourth-order valence-corrected chi connectivity index (χ4v) is 2.99. The Labute approximate surface area is 124 Å². The number of methoxy groups -OCH3 is 1. The lowest BCUT2D eigenvalue weighted by atomic mass is 10.0. The summed E-state index contributed by atoms with van der Waals surface area (Å²) >= 11 is 0. The number of rotatable bonds is 3. The van der Waals surface area contributed by atoms with Gasteiger partial charge in [-0.2, -0.15) is 0 Å². The summed E-state index contributed by atoms with van der Waals surface area (Å²) in [5.41, 5.74) is 2.64. The SMILES string of the molecule is COc1ccc(C(=O)c2cc(C)n3c2N(C)CCC3)cc1. The van der Waals surface area contributed by atoms with E-state index in [0.717, 1.165) is 42.3 Å². The summed E-state index contributed by atoms with van der Waals surface area (Å²) < 4.78 is 7.38. The molecule has 0 N–H and O–H groups in total. The van der Waals surface area contributed by atoms with Crippen molar-refractivity contribution in [3.05, 3.63) is 47.2 Å². The van der Waals surface area contributed by atoms with E-state index in [1.54, 1.807) is 7.11 Å². The fraction of sp³-hybridized carbons (Fsp3) is 0.353. The molecule has 0 bridgehead atoms. The highest BCUT2D eigenvalue weighted by Gasteiger charge is 2.24. The Morgan fingerprint density at radius 1 is 1.19 bits per heavy atom. The van der Waals surface area contributed by atoms with E-state index >= 15 is 0 Å². The molecule has 0 fully saturated rings. The quantitative estimate of drug-likeness (QED) is 0.813. The Kier molecular flexibility index (Phi) is 3.45. The molecule has 0 saturated heterocycles. The number of aryl methyl sites for hydroxylation is 1. The third-order valence-electron chi connectivity index (χ3n) is 4.11. The first-order valence-electron chi connectivity index (χ1n) is 7.22. The molecule has 0 atom stereocenters. The molecule has 0 spiro atoms. The van der Waals surface area contributed by atoms with Crippen LogP contribution in [-0.2, 0) is 6.54 Å². The van der Waals surface area contributed by atoms with Crippen LogP contribution in [0.15, 0.2) is 30.3 Å². The van der Waals surface area contributed by atoms with Crippen LogP contribution < -0.4 is 9.64 Å². The zero-order chi connectivity index (χ0) is 15.0. The minimum Gasteiger partial charge on any atom is -0.497 e. The molecule has 0 aliphatic carbocycles. The van der Waals surface area contributed by atoms with Crippen molar-refractivity contribution >= 4 is 11.6 Å². The predicted molar refractivity (Wildman–Crippen MR) is 83.5 cm³/mol. The highest BCUT2D eigenvalue weighted by Crippen LogP contribution is 2.30. The van der Waals surface area contributed by atoms with E-state index in [9.17, 15) is 4.79 Å². The normalized spacial score (nSPS) is 14.0. The molecule has 0 radical (unpaired) electrons. The van der Waals surface area contributed by atoms with Gasteiger partial charge < -0.3 is 14.2 Å². The van der Waals surface area contributed by atoms with Crippen molar-refractivity contribution in [2.45, 2.75) is 19.9 Å². The van der Waals surface area contributed by atoms with Crippen molar-refractivity contribution in [3.63, 3.8) is 0 Å². The minimum atomic E-state index is 0.0725. The summed E-state index contributed by atoms with van der Waals surface area (Å²) in [4.78, 5) is 15.0. The second-order valence-electron chi connectivity index (χ2n) is 5.51. The molecule has 2 heterocycles. The maximum atomic E-state index is 12.8. The molecular weight excluding hydrogens is 264 g/mol. The molecule has 21 heavy (non-hydrogen) atoms. The van der Waals surface area contributed by atoms with Crippen LogP contribution in [0.1, 0.15) is 28.0 Å². The second-order valence-corrected chi connectivity index (χ2v) is 5.51. The highest BCUT2D eigenvalue weighted by atomic mass is 16.5. The topological polar surface area (TPSA) is 34.5 Å². The number of ether oxygens (including phenoxy) is 1. The van der Waals surface area contributed by atoms with Gasteiger partial charge in [0.15, 0.2) is 5.78 Å². The Morgan fingerprint density at radius 2 is 1.90 bits per heavy atom. The van der Waals surface area contributed by atoms with Crippen LogP contribution in [0.4, 0.5) is 5.82 Å². The van der Waals surface area contributed by atoms with Gasteiger partial charge >= 0.3 is 0 Å². The number of fused-ring (bicyclic) bond motifs is 1. The van der Waals surface area contributed by atoms with Crippen molar-refractivity contribution in [3.8, 4) is 5.75 Å². The number of carbonyl (C=O) groups excluding carboxylic acids is 1. The van der Waals surface area contributed by atoms with E-state index in [4.69, 9.17) is 4.74 Å². The molecular formula is C17H20N2O2. The molecule has 2 aromatic rings. The summed E-state index contributed by atoms with van der Waals surface area (Å²) in [6.07, 6.45) is 1.12. The summed E-state index contributed by atoms with van der Waals surface area (Å²) in [6, 6.07) is 9.30. The van der Waals surface area contributed by atoms with Crippen molar-refractivity contribution < 1.29 is 9.53 Å². The third-order valence-corrected chi connectivity index (χ3v) is 4.11. The van der Waals surface area contributed by atoms with Gasteiger partial charge in [0.25, 0.3) is 0 Å².